The summed E-state index contributed by atoms with van der Waals surface area (Å²) in [6.07, 6.45) is 12.9. The zero-order valence-electron chi connectivity index (χ0n) is 11.3. The smallest absolute Gasteiger partial charge is 0.0514 e. The number of nitrogens with one attached hydrogen (secondary N) is 2. The van der Waals surface area contributed by atoms with Crippen LogP contribution in [0.3, 0.4) is 0 Å². The topological polar surface area (TPSA) is 24.1 Å². The summed E-state index contributed by atoms with van der Waals surface area (Å²) >= 11 is 0. The van der Waals surface area contributed by atoms with Gasteiger partial charge in [-0.25, -0.2) is 0 Å². The van der Waals surface area contributed by atoms with E-state index in [0.717, 1.165) is 6.54 Å². The molecule has 1 unspecified atom stereocenters. The molecule has 2 heterocycles. The first-order valence-electron chi connectivity index (χ1n) is 7.04. The Hall–Kier alpha value is -1.96. The van der Waals surface area contributed by atoms with Crippen molar-refractivity contribution in [1.82, 2.24) is 10.6 Å². The maximum absolute atomic E-state index is 3.47. The molecule has 19 heavy (non-hydrogen) atoms. The van der Waals surface area contributed by atoms with E-state index in [4.69, 9.17) is 0 Å². The van der Waals surface area contributed by atoms with Crippen molar-refractivity contribution in [3.05, 3.63) is 59.4 Å². The van der Waals surface area contributed by atoms with E-state index in [0.29, 0.717) is 6.04 Å². The largest absolute Gasteiger partial charge is 0.387 e. The lowest BCUT2D eigenvalue weighted by molar-refractivity contribution is 0.636. The summed E-state index contributed by atoms with van der Waals surface area (Å²) < 4.78 is 0. The Bertz CT molecular complexity index is 552. The molecule has 0 radical (unpaired) electrons. The molecule has 3 rings (SSSR count). The van der Waals surface area contributed by atoms with Crippen LogP contribution in [0.5, 0.6) is 0 Å². The maximum Gasteiger partial charge on any atom is 0.0514 e. The Kier molecular flexibility index (Phi) is 3.41. The van der Waals surface area contributed by atoms with Crippen molar-refractivity contribution in [3.8, 4) is 0 Å². The molecule has 2 aliphatic heterocycles. The van der Waals surface area contributed by atoms with E-state index in [9.17, 15) is 0 Å². The lowest BCUT2D eigenvalue weighted by atomic mass is 9.90. The summed E-state index contributed by atoms with van der Waals surface area (Å²) in [5.74, 6) is 0. The van der Waals surface area contributed by atoms with Crippen LogP contribution in [0.15, 0.2) is 42.8 Å². The molecule has 2 nitrogen and oxygen atoms in total. The van der Waals surface area contributed by atoms with Gasteiger partial charge >= 0.3 is 0 Å². The normalized spacial score (nSPS) is 20.3. The molecule has 0 amide bonds. The fourth-order valence-corrected chi connectivity index (χ4v) is 2.77. The van der Waals surface area contributed by atoms with Gasteiger partial charge in [-0.2, -0.15) is 0 Å². The lowest BCUT2D eigenvalue weighted by Crippen LogP contribution is -2.27. The molecule has 0 aliphatic carbocycles. The minimum atomic E-state index is 0.445. The fraction of sp³-hybridized carbons (Fsp3) is 0.294. The zero-order valence-corrected chi connectivity index (χ0v) is 11.3. The third kappa shape index (κ3) is 2.43. The summed E-state index contributed by atoms with van der Waals surface area (Å²) in [5.41, 5.74) is 5.45. The van der Waals surface area contributed by atoms with E-state index >= 15 is 0 Å². The first-order valence-corrected chi connectivity index (χ1v) is 7.04. The Morgan fingerprint density at radius 3 is 3.11 bits per heavy atom. The Labute approximate surface area is 114 Å². The van der Waals surface area contributed by atoms with Gasteiger partial charge in [-0.15, -0.1) is 0 Å². The number of hydrogen-bond acceptors (Lipinski definition) is 2. The summed E-state index contributed by atoms with van der Waals surface area (Å²) in [5, 5.41) is 6.75. The van der Waals surface area contributed by atoms with Gasteiger partial charge in [0.25, 0.3) is 0 Å². The van der Waals surface area contributed by atoms with Gasteiger partial charge in [0, 0.05) is 6.54 Å². The van der Waals surface area contributed by atoms with Gasteiger partial charge in [0.05, 0.1) is 6.04 Å². The van der Waals surface area contributed by atoms with Crippen molar-refractivity contribution < 1.29 is 0 Å². The molecular formula is C17H20N2. The summed E-state index contributed by atoms with van der Waals surface area (Å²) in [7, 11) is 0. The van der Waals surface area contributed by atoms with Crippen LogP contribution >= 0.6 is 0 Å². The molecule has 0 aromatic heterocycles. The van der Waals surface area contributed by atoms with Gasteiger partial charge in [0.1, 0.15) is 0 Å². The van der Waals surface area contributed by atoms with Gasteiger partial charge in [0.15, 0.2) is 0 Å². The number of hydrogen-bond donors (Lipinski definition) is 2. The van der Waals surface area contributed by atoms with E-state index in [2.05, 4.69) is 54.0 Å². The molecule has 1 aromatic rings. The Morgan fingerprint density at radius 1 is 1.26 bits per heavy atom. The molecule has 98 valence electrons. The van der Waals surface area contributed by atoms with Crippen molar-refractivity contribution >= 4 is 11.6 Å². The van der Waals surface area contributed by atoms with E-state index < -0.39 is 0 Å². The monoisotopic (exact) mass is 252 g/mol. The van der Waals surface area contributed by atoms with Crippen LogP contribution in [0.2, 0.25) is 0 Å². The molecule has 2 aliphatic rings. The van der Waals surface area contributed by atoms with E-state index in [1.165, 1.54) is 35.1 Å². The third-order valence-electron chi connectivity index (χ3n) is 3.77. The highest BCUT2D eigenvalue weighted by atomic mass is 14.9. The summed E-state index contributed by atoms with van der Waals surface area (Å²) in [4.78, 5) is 0. The quantitative estimate of drug-likeness (QED) is 0.861. The number of rotatable bonds is 3. The number of benzene rings is 1. The molecule has 0 saturated heterocycles. The molecule has 0 bridgehead atoms. The van der Waals surface area contributed by atoms with Gasteiger partial charge in [-0.3, -0.25) is 0 Å². The molecule has 0 spiro atoms. The molecule has 0 saturated carbocycles. The van der Waals surface area contributed by atoms with Crippen LogP contribution in [0.25, 0.3) is 11.6 Å². The second-order valence-corrected chi connectivity index (χ2v) is 5.12. The zero-order chi connectivity index (χ0) is 13.1. The highest BCUT2D eigenvalue weighted by Gasteiger charge is 2.16. The van der Waals surface area contributed by atoms with Crippen LogP contribution in [0.1, 0.15) is 36.5 Å². The number of dihydropyridines is 1. The van der Waals surface area contributed by atoms with Crippen LogP contribution in [-0.4, -0.2) is 6.04 Å². The second kappa shape index (κ2) is 5.35. The lowest BCUT2D eigenvalue weighted by Gasteiger charge is -2.24. The first kappa shape index (κ1) is 12.1. The van der Waals surface area contributed by atoms with Crippen molar-refractivity contribution in [2.75, 3.05) is 0 Å². The maximum atomic E-state index is 3.47. The van der Waals surface area contributed by atoms with E-state index in [1.807, 2.05) is 12.4 Å². The molecular weight excluding hydrogens is 232 g/mol. The average Bonchev–Trinajstić information content (AvgIpc) is 2.48. The second-order valence-electron chi connectivity index (χ2n) is 5.12. The number of allylic oxidation sites excluding steroid dienone is 2. The summed E-state index contributed by atoms with van der Waals surface area (Å²) in [6, 6.07) is 7.23. The van der Waals surface area contributed by atoms with E-state index in [1.54, 1.807) is 0 Å². The van der Waals surface area contributed by atoms with E-state index in [-0.39, 0.29) is 0 Å². The van der Waals surface area contributed by atoms with Crippen LogP contribution in [0.4, 0.5) is 0 Å². The molecule has 1 atom stereocenters. The van der Waals surface area contributed by atoms with Crippen LogP contribution in [0, 0.1) is 0 Å². The van der Waals surface area contributed by atoms with Gasteiger partial charge in [0.2, 0.25) is 0 Å². The van der Waals surface area contributed by atoms with Gasteiger partial charge in [-0.1, -0.05) is 31.6 Å². The van der Waals surface area contributed by atoms with Gasteiger partial charge in [-0.05, 0) is 59.3 Å². The fourth-order valence-electron chi connectivity index (χ4n) is 2.77. The predicted octanol–water partition coefficient (Wildman–Crippen LogP) is 3.43. The van der Waals surface area contributed by atoms with Crippen molar-refractivity contribution in [3.63, 3.8) is 0 Å². The Morgan fingerprint density at radius 2 is 2.21 bits per heavy atom. The minimum absolute atomic E-state index is 0.445. The summed E-state index contributed by atoms with van der Waals surface area (Å²) in [6.45, 7) is 3.16. The average molecular weight is 252 g/mol. The van der Waals surface area contributed by atoms with Crippen molar-refractivity contribution in [1.29, 1.82) is 0 Å². The molecule has 2 heteroatoms. The van der Waals surface area contributed by atoms with Crippen LogP contribution in [-0.2, 0) is 6.54 Å². The molecule has 2 N–H and O–H groups in total. The SMILES string of the molecule is CCCC1NC=CC=C1c1ccc2c(c1)CNC=C2. The Balaban J connectivity index is 1.94. The van der Waals surface area contributed by atoms with Gasteiger partial charge < -0.3 is 10.6 Å². The highest BCUT2D eigenvalue weighted by molar-refractivity contribution is 5.74. The third-order valence-corrected chi connectivity index (χ3v) is 3.77. The first-order chi connectivity index (χ1) is 9.38. The highest BCUT2D eigenvalue weighted by Crippen LogP contribution is 2.27. The predicted molar refractivity (Wildman–Crippen MR) is 81.3 cm³/mol. The minimum Gasteiger partial charge on any atom is -0.387 e. The number of fused-ring (bicyclic) bond motifs is 1. The molecule has 1 aromatic carbocycles. The molecule has 0 fully saturated rings. The standard InChI is InChI=1S/C17H20N2/c1-2-4-17-16(5-3-9-19-17)14-7-6-13-8-10-18-12-15(13)11-14/h3,5-11,17-19H,2,4,12H2,1H3. The van der Waals surface area contributed by atoms with Crippen molar-refractivity contribution in [2.24, 2.45) is 0 Å². The van der Waals surface area contributed by atoms with Crippen LogP contribution < -0.4 is 10.6 Å². The van der Waals surface area contributed by atoms with Crippen molar-refractivity contribution in [2.45, 2.75) is 32.4 Å².